The van der Waals surface area contributed by atoms with E-state index in [1.165, 1.54) is 45.1 Å². The average Bonchev–Trinajstić information content (AvgIpc) is 2.51. The van der Waals surface area contributed by atoms with Gasteiger partial charge in [-0.3, -0.25) is 4.79 Å². The smallest absolute Gasteiger partial charge is 0.323 e. The van der Waals surface area contributed by atoms with Crippen molar-refractivity contribution in [3.05, 3.63) is 0 Å². The number of ether oxygens (including phenoxy) is 1. The van der Waals surface area contributed by atoms with Crippen LogP contribution in [-0.4, -0.2) is 49.2 Å². The van der Waals surface area contributed by atoms with Crippen molar-refractivity contribution in [1.29, 1.82) is 0 Å². The van der Waals surface area contributed by atoms with Crippen LogP contribution in [0.15, 0.2) is 0 Å². The lowest BCUT2D eigenvalue weighted by Gasteiger charge is -2.44. The first-order valence-electron chi connectivity index (χ1n) is 8.90. The van der Waals surface area contributed by atoms with E-state index in [1.54, 1.807) is 0 Å². The quantitative estimate of drug-likeness (QED) is 0.733. The summed E-state index contributed by atoms with van der Waals surface area (Å²) in [7, 11) is 0. The van der Waals surface area contributed by atoms with Crippen molar-refractivity contribution in [2.24, 2.45) is 5.92 Å². The van der Waals surface area contributed by atoms with Crippen LogP contribution in [0.4, 0.5) is 0 Å². The van der Waals surface area contributed by atoms with Gasteiger partial charge in [0.05, 0.1) is 6.61 Å². The average molecular weight is 296 g/mol. The first-order chi connectivity index (χ1) is 10.3. The summed E-state index contributed by atoms with van der Waals surface area (Å²) in [6.07, 6.45) is 9.17. The van der Waals surface area contributed by atoms with Crippen LogP contribution >= 0.6 is 0 Å². The van der Waals surface area contributed by atoms with Crippen molar-refractivity contribution in [2.75, 3.05) is 26.2 Å². The predicted octanol–water partition coefficient (Wildman–Crippen LogP) is 2.57. The molecule has 2 aliphatic rings. The van der Waals surface area contributed by atoms with Gasteiger partial charge in [0.25, 0.3) is 0 Å². The first-order valence-corrected chi connectivity index (χ1v) is 8.90. The monoisotopic (exact) mass is 296 g/mol. The largest absolute Gasteiger partial charge is 0.465 e. The minimum absolute atomic E-state index is 0.0865. The number of likely N-dealkylation sites (tertiary alicyclic amines) is 1. The number of carbonyl (C=O) groups excluding carboxylic acids is 1. The maximum atomic E-state index is 12.0. The number of nitrogens with zero attached hydrogens (tertiary/aromatic N) is 1. The van der Waals surface area contributed by atoms with E-state index in [2.05, 4.69) is 10.2 Å². The molecule has 4 nitrogen and oxygen atoms in total. The number of piperidine rings is 1. The molecule has 1 saturated heterocycles. The van der Waals surface area contributed by atoms with Gasteiger partial charge in [0.2, 0.25) is 0 Å². The van der Waals surface area contributed by atoms with Crippen LogP contribution in [0, 0.1) is 5.92 Å². The van der Waals surface area contributed by atoms with E-state index < -0.39 is 0 Å². The van der Waals surface area contributed by atoms with E-state index in [1.807, 2.05) is 13.8 Å². The molecular weight excluding hydrogens is 264 g/mol. The van der Waals surface area contributed by atoms with Crippen molar-refractivity contribution >= 4 is 5.97 Å². The molecule has 21 heavy (non-hydrogen) atoms. The topological polar surface area (TPSA) is 41.6 Å². The molecule has 0 amide bonds. The maximum absolute atomic E-state index is 12.0. The van der Waals surface area contributed by atoms with E-state index in [9.17, 15) is 4.79 Å². The lowest BCUT2D eigenvalue weighted by atomic mass is 9.78. The molecule has 0 aromatic rings. The molecule has 2 fully saturated rings. The molecule has 1 heterocycles. The van der Waals surface area contributed by atoms with Crippen molar-refractivity contribution < 1.29 is 9.53 Å². The van der Waals surface area contributed by atoms with Crippen LogP contribution in [0.5, 0.6) is 0 Å². The highest BCUT2D eigenvalue weighted by Crippen LogP contribution is 2.35. The third-order valence-electron chi connectivity index (χ3n) is 5.08. The van der Waals surface area contributed by atoms with Gasteiger partial charge in [0.1, 0.15) is 6.04 Å². The molecule has 0 spiro atoms. The molecule has 0 aromatic heterocycles. The molecule has 3 atom stereocenters. The normalized spacial score (nSPS) is 27.9. The van der Waals surface area contributed by atoms with Crippen LogP contribution in [0.25, 0.3) is 0 Å². The molecule has 1 unspecified atom stereocenters. The fourth-order valence-electron chi connectivity index (χ4n) is 4.09. The number of rotatable bonds is 7. The minimum Gasteiger partial charge on any atom is -0.465 e. The van der Waals surface area contributed by atoms with Gasteiger partial charge in [-0.2, -0.15) is 0 Å². The Morgan fingerprint density at radius 1 is 1.24 bits per heavy atom. The Balaban J connectivity index is 1.85. The summed E-state index contributed by atoms with van der Waals surface area (Å²) in [4.78, 5) is 14.6. The Morgan fingerprint density at radius 3 is 2.76 bits per heavy atom. The third-order valence-corrected chi connectivity index (χ3v) is 5.08. The van der Waals surface area contributed by atoms with E-state index >= 15 is 0 Å². The van der Waals surface area contributed by atoms with Gasteiger partial charge in [-0.15, -0.1) is 0 Å². The summed E-state index contributed by atoms with van der Waals surface area (Å²) in [6, 6.07) is 0.635. The summed E-state index contributed by atoms with van der Waals surface area (Å²) in [5.41, 5.74) is 0. The van der Waals surface area contributed by atoms with Crippen LogP contribution < -0.4 is 5.32 Å². The number of hydrogen-bond acceptors (Lipinski definition) is 4. The van der Waals surface area contributed by atoms with E-state index in [-0.39, 0.29) is 12.0 Å². The van der Waals surface area contributed by atoms with Crippen molar-refractivity contribution in [2.45, 2.75) is 70.9 Å². The van der Waals surface area contributed by atoms with E-state index in [0.29, 0.717) is 6.61 Å². The maximum Gasteiger partial charge on any atom is 0.323 e. The van der Waals surface area contributed by atoms with Crippen LogP contribution in [-0.2, 0) is 9.53 Å². The molecule has 1 aliphatic heterocycles. The lowest BCUT2D eigenvalue weighted by Crippen LogP contribution is -2.49. The zero-order valence-electron chi connectivity index (χ0n) is 13.8. The van der Waals surface area contributed by atoms with Gasteiger partial charge in [0.15, 0.2) is 0 Å². The molecule has 122 valence electrons. The Bertz CT molecular complexity index is 320. The highest BCUT2D eigenvalue weighted by Gasteiger charge is 2.33. The highest BCUT2D eigenvalue weighted by atomic mass is 16.5. The zero-order valence-corrected chi connectivity index (χ0v) is 13.8. The van der Waals surface area contributed by atoms with Crippen molar-refractivity contribution in [3.8, 4) is 0 Å². The fourth-order valence-corrected chi connectivity index (χ4v) is 4.09. The van der Waals surface area contributed by atoms with Crippen LogP contribution in [0.3, 0.4) is 0 Å². The summed E-state index contributed by atoms with van der Waals surface area (Å²) in [5, 5.41) is 3.28. The van der Waals surface area contributed by atoms with Gasteiger partial charge < -0.3 is 15.0 Å². The SMILES string of the molecule is CCNC(CCN1CCC[C@H]2CCCC[C@H]21)C(=O)OCC. The Labute approximate surface area is 129 Å². The number of nitrogens with one attached hydrogen (secondary N) is 1. The summed E-state index contributed by atoms with van der Waals surface area (Å²) < 4.78 is 5.18. The molecule has 4 heteroatoms. The van der Waals surface area contributed by atoms with Gasteiger partial charge >= 0.3 is 5.97 Å². The molecule has 2 rings (SSSR count). The summed E-state index contributed by atoms with van der Waals surface area (Å²) >= 11 is 0. The molecule has 0 bridgehead atoms. The van der Waals surface area contributed by atoms with Gasteiger partial charge in [-0.05, 0) is 58.0 Å². The third kappa shape index (κ3) is 4.68. The number of likely N-dealkylation sites (N-methyl/N-ethyl adjacent to an activating group) is 1. The lowest BCUT2D eigenvalue weighted by molar-refractivity contribution is -0.146. The Morgan fingerprint density at radius 2 is 2.00 bits per heavy atom. The van der Waals surface area contributed by atoms with Gasteiger partial charge in [0, 0.05) is 12.6 Å². The zero-order chi connectivity index (χ0) is 15.1. The Hall–Kier alpha value is -0.610. The molecule has 1 aliphatic carbocycles. The molecule has 1 N–H and O–H groups in total. The fraction of sp³-hybridized carbons (Fsp3) is 0.941. The highest BCUT2D eigenvalue weighted by molar-refractivity contribution is 5.75. The Kier molecular flexibility index (Phi) is 6.97. The van der Waals surface area contributed by atoms with Gasteiger partial charge in [-0.25, -0.2) is 0 Å². The standard InChI is InChI=1S/C17H32N2O2/c1-3-18-15(17(20)21-4-2)11-13-19-12-7-9-14-8-5-6-10-16(14)19/h14-16,18H,3-13H2,1-2H3/t14-,15?,16-/m1/s1. The summed E-state index contributed by atoms with van der Waals surface area (Å²) in [6.45, 7) is 7.44. The van der Waals surface area contributed by atoms with E-state index in [0.717, 1.165) is 31.5 Å². The van der Waals surface area contributed by atoms with Crippen LogP contribution in [0.1, 0.15) is 58.8 Å². The number of fused-ring (bicyclic) bond motifs is 1. The van der Waals surface area contributed by atoms with Crippen LogP contribution in [0.2, 0.25) is 0 Å². The predicted molar refractivity (Wildman–Crippen MR) is 85.3 cm³/mol. The van der Waals surface area contributed by atoms with Crippen molar-refractivity contribution in [3.63, 3.8) is 0 Å². The second kappa shape index (κ2) is 8.74. The second-order valence-corrected chi connectivity index (χ2v) is 6.44. The first kappa shape index (κ1) is 16.8. The number of carbonyl (C=O) groups is 1. The minimum atomic E-state index is -0.140. The number of hydrogen-bond donors (Lipinski definition) is 1. The van der Waals surface area contributed by atoms with Gasteiger partial charge in [-0.1, -0.05) is 19.8 Å². The molecule has 0 radical (unpaired) electrons. The molecule has 1 saturated carbocycles. The summed E-state index contributed by atoms with van der Waals surface area (Å²) in [5.74, 6) is 0.823. The molecular formula is C17H32N2O2. The van der Waals surface area contributed by atoms with E-state index in [4.69, 9.17) is 4.74 Å². The second-order valence-electron chi connectivity index (χ2n) is 6.44. The number of esters is 1. The van der Waals surface area contributed by atoms with Crippen molar-refractivity contribution in [1.82, 2.24) is 10.2 Å². The molecule has 0 aromatic carbocycles.